The summed E-state index contributed by atoms with van der Waals surface area (Å²) in [7, 11) is -3.55. The van der Waals surface area contributed by atoms with Crippen LogP contribution in [0.4, 0.5) is 0 Å². The SMILES string of the molecule is C[Si](C)(C)C1=[C-]C([Si](C)(C)C)C=C1[Si](C)(C)C.Cc1ccc2c(c1)[cH-]c1cc(C)ccc12.[Zr+2]=[C](c1ccccc1)c1ccccc1. The molecule has 1 atom stereocenters. The third-order valence-electron chi connectivity index (χ3n) is 8.53. The molecule has 0 nitrogen and oxygen atoms in total. The predicted octanol–water partition coefficient (Wildman–Crippen LogP) is 12.3. The van der Waals surface area contributed by atoms with E-state index in [2.05, 4.69) is 188 Å². The Hall–Kier alpha value is -2.37. The molecule has 5 aromatic carbocycles. The van der Waals surface area contributed by atoms with Gasteiger partial charge in [-0.2, -0.15) is 6.08 Å². The van der Waals surface area contributed by atoms with Gasteiger partial charge in [-0.1, -0.05) is 94.3 Å². The second-order valence-corrected chi connectivity index (χ2v) is 32.5. The van der Waals surface area contributed by atoms with Crippen LogP contribution in [-0.4, -0.2) is 27.4 Å². The average molecular weight is 732 g/mol. The summed E-state index contributed by atoms with van der Waals surface area (Å²) in [5.74, 6) is 0. The Morgan fingerprint density at radius 2 is 1.04 bits per heavy atom. The minimum absolute atomic E-state index is 0.658. The van der Waals surface area contributed by atoms with Gasteiger partial charge in [0.1, 0.15) is 0 Å². The van der Waals surface area contributed by atoms with E-state index in [-0.39, 0.29) is 0 Å². The molecule has 0 saturated heterocycles. The fourth-order valence-corrected chi connectivity index (χ4v) is 13.5. The van der Waals surface area contributed by atoms with Gasteiger partial charge in [-0.05, 0) is 21.9 Å². The molecule has 4 heteroatoms. The van der Waals surface area contributed by atoms with Crippen molar-refractivity contribution in [2.24, 2.45) is 0 Å². The van der Waals surface area contributed by atoms with Crippen molar-refractivity contribution in [3.05, 3.63) is 148 Å². The Morgan fingerprint density at radius 3 is 1.39 bits per heavy atom. The van der Waals surface area contributed by atoms with E-state index >= 15 is 0 Å². The van der Waals surface area contributed by atoms with Gasteiger partial charge >= 0.3 is 99.2 Å². The Kier molecular flexibility index (Phi) is 11.7. The van der Waals surface area contributed by atoms with Gasteiger partial charge < -0.3 is 0 Å². The fourth-order valence-electron chi connectivity index (χ4n) is 5.87. The molecule has 0 amide bonds. The van der Waals surface area contributed by atoms with Crippen molar-refractivity contribution in [3.63, 3.8) is 0 Å². The van der Waals surface area contributed by atoms with Gasteiger partial charge in [0, 0.05) is 16.1 Å². The molecule has 6 rings (SSSR count). The molecule has 0 bridgehead atoms. The number of hydrogen-bond acceptors (Lipinski definition) is 0. The summed E-state index contributed by atoms with van der Waals surface area (Å²) in [6.07, 6.45) is 6.51. The molecule has 1 unspecified atom stereocenters. The van der Waals surface area contributed by atoms with Crippen molar-refractivity contribution < 1.29 is 24.2 Å². The summed E-state index contributed by atoms with van der Waals surface area (Å²) in [5.41, 5.74) is 5.98. The number of allylic oxidation sites excluding steroid dienone is 4. The van der Waals surface area contributed by atoms with Crippen LogP contribution in [0.3, 0.4) is 0 Å². The topological polar surface area (TPSA) is 0 Å². The van der Waals surface area contributed by atoms with Crippen LogP contribution < -0.4 is 0 Å². The van der Waals surface area contributed by atoms with Gasteiger partial charge in [-0.25, -0.2) is 10.4 Å². The quantitative estimate of drug-likeness (QED) is 0.125. The Balaban J connectivity index is 0.000000157. The zero-order valence-corrected chi connectivity index (χ0v) is 35.4. The molecule has 0 fully saturated rings. The van der Waals surface area contributed by atoms with Gasteiger partial charge in [-0.3, -0.25) is 6.08 Å². The predicted molar refractivity (Wildman–Crippen MR) is 211 cm³/mol. The molecular formula is C42H52Si3Zr. The van der Waals surface area contributed by atoms with Crippen LogP contribution in [0, 0.1) is 19.9 Å². The third kappa shape index (κ3) is 9.37. The molecule has 0 N–H and O–H groups in total. The maximum absolute atomic E-state index is 3.91. The van der Waals surface area contributed by atoms with Crippen molar-refractivity contribution in [2.45, 2.75) is 78.3 Å². The van der Waals surface area contributed by atoms with Crippen molar-refractivity contribution in [3.8, 4) is 0 Å². The van der Waals surface area contributed by atoms with Gasteiger partial charge in [0.2, 0.25) is 0 Å². The van der Waals surface area contributed by atoms with E-state index in [0.29, 0.717) is 5.54 Å². The summed E-state index contributed by atoms with van der Waals surface area (Å²) >= 11 is 1.46. The molecule has 46 heavy (non-hydrogen) atoms. The number of benzene rings is 4. The zero-order chi connectivity index (χ0) is 33.9. The molecule has 0 saturated carbocycles. The van der Waals surface area contributed by atoms with Crippen LogP contribution in [0.1, 0.15) is 22.3 Å². The first-order chi connectivity index (χ1) is 21.4. The van der Waals surface area contributed by atoms with Gasteiger partial charge in [0.15, 0.2) is 0 Å². The van der Waals surface area contributed by atoms with Gasteiger partial charge in [-0.15, -0.1) is 45.3 Å². The third-order valence-corrected chi connectivity index (χ3v) is 16.3. The summed E-state index contributed by atoms with van der Waals surface area (Å²) < 4.78 is 1.42. The first-order valence-electron chi connectivity index (χ1n) is 16.6. The van der Waals surface area contributed by atoms with E-state index in [0.717, 1.165) is 0 Å². The molecule has 5 aromatic rings. The molecule has 0 radical (unpaired) electrons. The monoisotopic (exact) mass is 730 g/mol. The van der Waals surface area contributed by atoms with E-state index in [9.17, 15) is 0 Å². The normalized spacial score (nSPS) is 15.0. The average Bonchev–Trinajstić information content (AvgIpc) is 3.61. The molecule has 0 spiro atoms. The molecule has 0 heterocycles. The molecule has 0 aliphatic heterocycles. The molecule has 0 aromatic heterocycles. The van der Waals surface area contributed by atoms with Crippen LogP contribution >= 0.6 is 0 Å². The second kappa shape index (κ2) is 14.8. The number of rotatable bonds is 5. The van der Waals surface area contributed by atoms with Crippen LogP contribution in [0.5, 0.6) is 0 Å². The maximum atomic E-state index is 3.91. The van der Waals surface area contributed by atoms with E-state index in [1.165, 1.54) is 71.2 Å². The Morgan fingerprint density at radius 1 is 0.609 bits per heavy atom. The summed E-state index contributed by atoms with van der Waals surface area (Å²) in [5, 5.41) is 8.84. The molecular weight excluding hydrogens is 680 g/mol. The summed E-state index contributed by atoms with van der Waals surface area (Å²) in [4.78, 5) is 0. The van der Waals surface area contributed by atoms with Crippen LogP contribution in [0.2, 0.25) is 64.5 Å². The molecule has 1 aliphatic rings. The number of hydrogen-bond donors (Lipinski definition) is 0. The van der Waals surface area contributed by atoms with E-state index in [1.807, 2.05) is 0 Å². The van der Waals surface area contributed by atoms with Gasteiger partial charge in [0.25, 0.3) is 0 Å². The Bertz CT molecular complexity index is 1730. The Labute approximate surface area is 297 Å². The van der Waals surface area contributed by atoms with Crippen LogP contribution in [0.15, 0.2) is 120 Å². The summed E-state index contributed by atoms with van der Waals surface area (Å²) in [6, 6.07) is 36.7. The standard InChI is InChI=1S/C15H13.C14H29Si3.C13H10.Zr/c1-10-3-5-14-12(7-10)9-13-8-11(2)4-6-15(13)14;1-15(2,3)12-10-13(16(4,5)6)14(11-12)17(7,8)9;1-3-7-12(8-4-1)11-13-9-5-2-6-10-13;/h3-9H,1-2H3;10,12H,1-9H3;1-10H;/q2*-1;;+2. The van der Waals surface area contributed by atoms with Crippen molar-refractivity contribution >= 4 is 49.0 Å². The number of fused-ring (bicyclic) bond motifs is 3. The van der Waals surface area contributed by atoms with Gasteiger partial charge in [0.05, 0.1) is 0 Å². The van der Waals surface area contributed by atoms with E-state index in [4.69, 9.17) is 0 Å². The van der Waals surface area contributed by atoms with Crippen LogP contribution in [0.25, 0.3) is 21.5 Å². The van der Waals surface area contributed by atoms with E-state index < -0.39 is 24.2 Å². The molecule has 1 aliphatic carbocycles. The fraction of sp³-hybridized carbons (Fsp3) is 0.286. The summed E-state index contributed by atoms with van der Waals surface area (Å²) in [6.45, 7) is 26.5. The van der Waals surface area contributed by atoms with Crippen molar-refractivity contribution in [1.82, 2.24) is 0 Å². The van der Waals surface area contributed by atoms with Crippen LogP contribution in [-0.2, 0) is 24.2 Å². The number of aryl methyl sites for hydroxylation is 2. The zero-order valence-electron chi connectivity index (χ0n) is 30.0. The first-order valence-corrected chi connectivity index (χ1v) is 28.4. The molecule has 236 valence electrons. The van der Waals surface area contributed by atoms with Crippen molar-refractivity contribution in [2.75, 3.05) is 0 Å². The first kappa shape index (κ1) is 36.5. The second-order valence-electron chi connectivity index (χ2n) is 15.9. The van der Waals surface area contributed by atoms with Crippen molar-refractivity contribution in [1.29, 1.82) is 0 Å². The van der Waals surface area contributed by atoms with E-state index in [1.54, 1.807) is 10.4 Å². The minimum atomic E-state index is -1.22.